The van der Waals surface area contributed by atoms with E-state index in [2.05, 4.69) is 29.7 Å². The molecule has 18 heavy (non-hydrogen) atoms. The lowest BCUT2D eigenvalue weighted by Gasteiger charge is -2.36. The minimum absolute atomic E-state index is 0.0509. The molecule has 0 aromatic rings. The summed E-state index contributed by atoms with van der Waals surface area (Å²) in [6.07, 6.45) is 0. The maximum atomic E-state index is 12.1. The molecule has 1 saturated heterocycles. The van der Waals surface area contributed by atoms with E-state index in [1.165, 1.54) is 0 Å². The summed E-state index contributed by atoms with van der Waals surface area (Å²) < 4.78 is 0. The SMILES string of the molecule is CCN(CC)CC(=O)N1CCN(C(C)C#N)CC1. The topological polar surface area (TPSA) is 50.6 Å². The van der Waals surface area contributed by atoms with Crippen molar-refractivity contribution >= 4 is 5.91 Å². The Morgan fingerprint density at radius 1 is 1.28 bits per heavy atom. The fourth-order valence-corrected chi connectivity index (χ4v) is 2.18. The molecular weight excluding hydrogens is 228 g/mol. The van der Waals surface area contributed by atoms with Crippen LogP contribution in [-0.4, -0.2) is 72.5 Å². The summed E-state index contributed by atoms with van der Waals surface area (Å²) in [5, 5.41) is 8.87. The summed E-state index contributed by atoms with van der Waals surface area (Å²) in [6.45, 7) is 11.5. The predicted molar refractivity (Wildman–Crippen MR) is 71.0 cm³/mol. The van der Waals surface area contributed by atoms with E-state index in [1.807, 2.05) is 11.8 Å². The van der Waals surface area contributed by atoms with E-state index in [9.17, 15) is 4.79 Å². The monoisotopic (exact) mass is 252 g/mol. The minimum Gasteiger partial charge on any atom is -0.339 e. The number of piperazine rings is 1. The van der Waals surface area contributed by atoms with Crippen molar-refractivity contribution in [3.63, 3.8) is 0 Å². The normalized spacial score (nSPS) is 18.7. The molecule has 0 aliphatic carbocycles. The molecule has 5 nitrogen and oxygen atoms in total. The Kier molecular flexibility index (Phi) is 6.10. The van der Waals surface area contributed by atoms with Crippen LogP contribution in [0.3, 0.4) is 0 Å². The fourth-order valence-electron chi connectivity index (χ4n) is 2.18. The van der Waals surface area contributed by atoms with Gasteiger partial charge in [0.1, 0.15) is 0 Å². The molecule has 1 fully saturated rings. The maximum Gasteiger partial charge on any atom is 0.236 e. The second-order valence-electron chi connectivity index (χ2n) is 4.68. The summed E-state index contributed by atoms with van der Waals surface area (Å²) >= 11 is 0. The molecule has 1 amide bonds. The lowest BCUT2D eigenvalue weighted by Crippen LogP contribution is -2.53. The average Bonchev–Trinajstić information content (AvgIpc) is 2.43. The van der Waals surface area contributed by atoms with Gasteiger partial charge in [-0.1, -0.05) is 13.8 Å². The summed E-state index contributed by atoms with van der Waals surface area (Å²) in [5.74, 6) is 0.211. The highest BCUT2D eigenvalue weighted by Crippen LogP contribution is 2.06. The van der Waals surface area contributed by atoms with Gasteiger partial charge >= 0.3 is 0 Å². The molecule has 0 spiro atoms. The zero-order valence-corrected chi connectivity index (χ0v) is 11.7. The third kappa shape index (κ3) is 3.97. The molecule has 5 heteroatoms. The van der Waals surface area contributed by atoms with Crippen LogP contribution in [-0.2, 0) is 4.79 Å². The molecule has 0 bridgehead atoms. The Bertz CT molecular complexity index is 301. The molecule has 0 saturated carbocycles. The highest BCUT2D eigenvalue weighted by atomic mass is 16.2. The summed E-state index contributed by atoms with van der Waals surface area (Å²) in [4.78, 5) is 18.2. The molecule has 1 heterocycles. The van der Waals surface area contributed by atoms with Crippen molar-refractivity contribution in [2.45, 2.75) is 26.8 Å². The highest BCUT2D eigenvalue weighted by molar-refractivity contribution is 5.78. The molecule has 0 N–H and O–H groups in total. The van der Waals surface area contributed by atoms with Crippen LogP contribution in [0.1, 0.15) is 20.8 Å². The lowest BCUT2D eigenvalue weighted by molar-refractivity contribution is -0.134. The van der Waals surface area contributed by atoms with Crippen LogP contribution in [0.15, 0.2) is 0 Å². The van der Waals surface area contributed by atoms with E-state index in [-0.39, 0.29) is 11.9 Å². The molecule has 1 atom stereocenters. The minimum atomic E-state index is -0.0509. The van der Waals surface area contributed by atoms with Crippen molar-refractivity contribution in [3.8, 4) is 6.07 Å². The molecule has 1 aliphatic heterocycles. The molecule has 1 rings (SSSR count). The van der Waals surface area contributed by atoms with Crippen LogP contribution in [0.2, 0.25) is 0 Å². The Morgan fingerprint density at radius 3 is 2.28 bits per heavy atom. The Hall–Kier alpha value is -1.12. The van der Waals surface area contributed by atoms with Crippen LogP contribution in [0.25, 0.3) is 0 Å². The Labute approximate surface area is 110 Å². The first-order valence-electron chi connectivity index (χ1n) is 6.76. The highest BCUT2D eigenvalue weighted by Gasteiger charge is 2.24. The smallest absolute Gasteiger partial charge is 0.236 e. The first kappa shape index (κ1) is 14.9. The third-order valence-electron chi connectivity index (χ3n) is 3.65. The van der Waals surface area contributed by atoms with Gasteiger partial charge in [0.15, 0.2) is 0 Å². The van der Waals surface area contributed by atoms with E-state index in [0.29, 0.717) is 6.54 Å². The van der Waals surface area contributed by atoms with Gasteiger partial charge in [0.25, 0.3) is 0 Å². The lowest BCUT2D eigenvalue weighted by atomic mass is 10.2. The number of nitriles is 1. The van der Waals surface area contributed by atoms with Crippen molar-refractivity contribution in [3.05, 3.63) is 0 Å². The van der Waals surface area contributed by atoms with Gasteiger partial charge in [0.05, 0.1) is 18.7 Å². The maximum absolute atomic E-state index is 12.1. The zero-order chi connectivity index (χ0) is 13.5. The van der Waals surface area contributed by atoms with Crippen molar-refractivity contribution in [2.24, 2.45) is 0 Å². The van der Waals surface area contributed by atoms with Crippen molar-refractivity contribution < 1.29 is 4.79 Å². The van der Waals surface area contributed by atoms with Gasteiger partial charge in [0.2, 0.25) is 5.91 Å². The summed E-state index contributed by atoms with van der Waals surface area (Å²) in [5.41, 5.74) is 0. The Balaban J connectivity index is 2.38. The van der Waals surface area contributed by atoms with E-state index in [0.717, 1.165) is 39.3 Å². The van der Waals surface area contributed by atoms with Crippen molar-refractivity contribution in [1.29, 1.82) is 5.26 Å². The van der Waals surface area contributed by atoms with E-state index in [1.54, 1.807) is 0 Å². The Morgan fingerprint density at radius 2 is 1.83 bits per heavy atom. The summed E-state index contributed by atoms with van der Waals surface area (Å²) in [7, 11) is 0. The van der Waals surface area contributed by atoms with Gasteiger partial charge < -0.3 is 4.90 Å². The number of rotatable bonds is 5. The van der Waals surface area contributed by atoms with Gasteiger partial charge in [-0.3, -0.25) is 14.6 Å². The third-order valence-corrected chi connectivity index (χ3v) is 3.65. The van der Waals surface area contributed by atoms with Crippen LogP contribution in [0, 0.1) is 11.3 Å². The molecule has 1 aliphatic rings. The van der Waals surface area contributed by atoms with E-state index >= 15 is 0 Å². The molecule has 0 aromatic carbocycles. The average molecular weight is 252 g/mol. The molecule has 1 unspecified atom stereocenters. The van der Waals surface area contributed by atoms with Crippen LogP contribution in [0.5, 0.6) is 0 Å². The van der Waals surface area contributed by atoms with Gasteiger partial charge in [0, 0.05) is 26.2 Å². The number of hydrogen-bond donors (Lipinski definition) is 0. The largest absolute Gasteiger partial charge is 0.339 e. The van der Waals surface area contributed by atoms with E-state index < -0.39 is 0 Å². The second kappa shape index (κ2) is 7.34. The van der Waals surface area contributed by atoms with E-state index in [4.69, 9.17) is 5.26 Å². The first-order valence-corrected chi connectivity index (χ1v) is 6.76. The van der Waals surface area contributed by atoms with Crippen molar-refractivity contribution in [2.75, 3.05) is 45.8 Å². The zero-order valence-electron chi connectivity index (χ0n) is 11.7. The number of carbonyl (C=O) groups is 1. The number of likely N-dealkylation sites (N-methyl/N-ethyl adjacent to an activating group) is 1. The number of nitrogens with zero attached hydrogens (tertiary/aromatic N) is 4. The number of carbonyl (C=O) groups excluding carboxylic acids is 1. The van der Waals surface area contributed by atoms with Gasteiger partial charge in [-0.05, 0) is 20.0 Å². The van der Waals surface area contributed by atoms with Gasteiger partial charge in [-0.25, -0.2) is 0 Å². The standard InChI is InChI=1S/C13H24N4O/c1-4-15(5-2)11-13(18)17-8-6-16(7-9-17)12(3)10-14/h12H,4-9,11H2,1-3H3. The number of amides is 1. The van der Waals surface area contributed by atoms with Crippen molar-refractivity contribution in [1.82, 2.24) is 14.7 Å². The van der Waals surface area contributed by atoms with Gasteiger partial charge in [-0.15, -0.1) is 0 Å². The molecule has 0 aromatic heterocycles. The number of hydrogen-bond acceptors (Lipinski definition) is 4. The fraction of sp³-hybridized carbons (Fsp3) is 0.846. The molecular formula is C13H24N4O. The summed E-state index contributed by atoms with van der Waals surface area (Å²) in [6, 6.07) is 2.19. The van der Waals surface area contributed by atoms with Crippen LogP contribution < -0.4 is 0 Å². The predicted octanol–water partition coefficient (Wildman–Crippen LogP) is 0.384. The van der Waals surface area contributed by atoms with Crippen LogP contribution >= 0.6 is 0 Å². The quantitative estimate of drug-likeness (QED) is 0.710. The first-order chi connectivity index (χ1) is 8.62. The second-order valence-corrected chi connectivity index (χ2v) is 4.68. The molecule has 102 valence electrons. The molecule has 0 radical (unpaired) electrons. The van der Waals surface area contributed by atoms with Crippen LogP contribution in [0.4, 0.5) is 0 Å². The van der Waals surface area contributed by atoms with Gasteiger partial charge in [-0.2, -0.15) is 5.26 Å².